The Kier molecular flexibility index (Phi) is 3.62. The maximum Gasteiger partial charge on any atom is 0.231 e. The van der Waals surface area contributed by atoms with E-state index in [4.69, 9.17) is 10.00 Å². The number of ether oxygens (including phenoxy) is 1. The Morgan fingerprint density at radius 3 is 2.74 bits per heavy atom. The number of rotatable bonds is 3. The standard InChI is InChI=1S/C14H14N4O/c1-10-7-11(9-15)17-14(16-10)18(2)12-5-4-6-13(8-12)19-3/h4-8H,1-3H3. The van der Waals surface area contributed by atoms with Crippen molar-refractivity contribution in [3.63, 3.8) is 0 Å². The van der Waals surface area contributed by atoms with Crippen molar-refractivity contribution < 1.29 is 4.74 Å². The zero-order chi connectivity index (χ0) is 13.8. The van der Waals surface area contributed by atoms with Crippen LogP contribution in [-0.4, -0.2) is 24.1 Å². The van der Waals surface area contributed by atoms with Gasteiger partial charge in [-0.3, -0.25) is 0 Å². The lowest BCUT2D eigenvalue weighted by Gasteiger charge is -2.18. The number of hydrogen-bond acceptors (Lipinski definition) is 5. The molecule has 5 nitrogen and oxygen atoms in total. The first kappa shape index (κ1) is 12.8. The van der Waals surface area contributed by atoms with Gasteiger partial charge < -0.3 is 9.64 Å². The van der Waals surface area contributed by atoms with Crippen LogP contribution in [0, 0.1) is 18.3 Å². The Morgan fingerprint density at radius 2 is 2.05 bits per heavy atom. The lowest BCUT2D eigenvalue weighted by Crippen LogP contribution is -2.14. The Morgan fingerprint density at radius 1 is 1.26 bits per heavy atom. The van der Waals surface area contributed by atoms with Gasteiger partial charge in [0.15, 0.2) is 0 Å². The zero-order valence-electron chi connectivity index (χ0n) is 11.1. The van der Waals surface area contributed by atoms with Crippen molar-refractivity contribution >= 4 is 11.6 Å². The second kappa shape index (κ2) is 5.36. The number of nitrogens with zero attached hydrogens (tertiary/aromatic N) is 4. The van der Waals surface area contributed by atoms with Crippen LogP contribution in [0.4, 0.5) is 11.6 Å². The van der Waals surface area contributed by atoms with Gasteiger partial charge in [-0.1, -0.05) is 6.07 Å². The third-order valence-corrected chi connectivity index (χ3v) is 2.70. The van der Waals surface area contributed by atoms with Crippen molar-refractivity contribution in [2.45, 2.75) is 6.92 Å². The molecule has 0 aliphatic heterocycles. The molecule has 0 saturated carbocycles. The molecule has 0 aliphatic carbocycles. The SMILES string of the molecule is COc1cccc(N(C)c2nc(C)cc(C#N)n2)c1. The zero-order valence-corrected chi connectivity index (χ0v) is 11.1. The first-order valence-electron chi connectivity index (χ1n) is 5.77. The highest BCUT2D eigenvalue weighted by atomic mass is 16.5. The predicted octanol–water partition coefficient (Wildman–Crippen LogP) is 2.43. The highest BCUT2D eigenvalue weighted by Crippen LogP contribution is 2.24. The van der Waals surface area contributed by atoms with Crippen LogP contribution < -0.4 is 9.64 Å². The molecule has 0 N–H and O–H groups in total. The third-order valence-electron chi connectivity index (χ3n) is 2.70. The molecule has 0 saturated heterocycles. The van der Waals surface area contributed by atoms with Crippen molar-refractivity contribution in [2.24, 2.45) is 0 Å². The van der Waals surface area contributed by atoms with Crippen molar-refractivity contribution in [3.05, 3.63) is 41.7 Å². The molecule has 0 unspecified atom stereocenters. The van der Waals surface area contributed by atoms with Gasteiger partial charge in [0.1, 0.15) is 17.5 Å². The van der Waals surface area contributed by atoms with Gasteiger partial charge in [-0.2, -0.15) is 5.26 Å². The van der Waals surface area contributed by atoms with Crippen molar-refractivity contribution in [1.82, 2.24) is 9.97 Å². The van der Waals surface area contributed by atoms with E-state index >= 15 is 0 Å². The van der Waals surface area contributed by atoms with E-state index in [0.29, 0.717) is 11.6 Å². The summed E-state index contributed by atoms with van der Waals surface area (Å²) in [6, 6.07) is 11.3. The number of anilines is 2. The third kappa shape index (κ3) is 2.80. The van der Waals surface area contributed by atoms with Gasteiger partial charge in [0.05, 0.1) is 7.11 Å². The van der Waals surface area contributed by atoms with Crippen LogP contribution in [0.5, 0.6) is 5.75 Å². The van der Waals surface area contributed by atoms with Crippen molar-refractivity contribution in [3.8, 4) is 11.8 Å². The first-order chi connectivity index (χ1) is 9.13. The molecule has 0 fully saturated rings. The molecule has 19 heavy (non-hydrogen) atoms. The van der Waals surface area contributed by atoms with Gasteiger partial charge in [0, 0.05) is 24.5 Å². The van der Waals surface area contributed by atoms with E-state index in [1.54, 1.807) is 13.2 Å². The highest BCUT2D eigenvalue weighted by Gasteiger charge is 2.10. The Balaban J connectivity index is 2.40. The Hall–Kier alpha value is -2.61. The molecule has 0 bridgehead atoms. The van der Waals surface area contributed by atoms with Crippen LogP contribution in [-0.2, 0) is 0 Å². The second-order valence-electron chi connectivity index (χ2n) is 4.07. The number of nitriles is 1. The van der Waals surface area contributed by atoms with Gasteiger partial charge in [0.25, 0.3) is 0 Å². The molecule has 0 aliphatic rings. The minimum absolute atomic E-state index is 0.359. The van der Waals surface area contributed by atoms with Gasteiger partial charge in [-0.25, -0.2) is 9.97 Å². The summed E-state index contributed by atoms with van der Waals surface area (Å²) >= 11 is 0. The van der Waals surface area contributed by atoms with Crippen LogP contribution in [0.15, 0.2) is 30.3 Å². The minimum atomic E-state index is 0.359. The highest BCUT2D eigenvalue weighted by molar-refractivity contribution is 5.59. The van der Waals surface area contributed by atoms with Crippen LogP contribution in [0.2, 0.25) is 0 Å². The maximum atomic E-state index is 8.94. The summed E-state index contributed by atoms with van der Waals surface area (Å²) in [4.78, 5) is 10.3. The summed E-state index contributed by atoms with van der Waals surface area (Å²) in [6.45, 7) is 1.84. The molecule has 0 spiro atoms. The van der Waals surface area contributed by atoms with E-state index in [0.717, 1.165) is 17.1 Å². The number of methoxy groups -OCH3 is 1. The summed E-state index contributed by atoms with van der Waals surface area (Å²) in [5, 5.41) is 8.94. The monoisotopic (exact) mass is 254 g/mol. The summed E-state index contributed by atoms with van der Waals surface area (Å²) in [6.07, 6.45) is 0. The van der Waals surface area contributed by atoms with Gasteiger partial charge >= 0.3 is 0 Å². The predicted molar refractivity (Wildman–Crippen MR) is 72.5 cm³/mol. The summed E-state index contributed by atoms with van der Waals surface area (Å²) in [7, 11) is 3.47. The van der Waals surface area contributed by atoms with Gasteiger partial charge in [-0.15, -0.1) is 0 Å². The average molecular weight is 254 g/mol. The van der Waals surface area contributed by atoms with Crippen molar-refractivity contribution in [2.75, 3.05) is 19.1 Å². The maximum absolute atomic E-state index is 8.94. The van der Waals surface area contributed by atoms with Crippen LogP contribution in [0.3, 0.4) is 0 Å². The van der Waals surface area contributed by atoms with Crippen LogP contribution >= 0.6 is 0 Å². The molecular formula is C14H14N4O. The minimum Gasteiger partial charge on any atom is -0.497 e. The van der Waals surface area contributed by atoms with E-state index in [2.05, 4.69) is 9.97 Å². The van der Waals surface area contributed by atoms with E-state index in [1.807, 2.05) is 49.2 Å². The van der Waals surface area contributed by atoms with Crippen molar-refractivity contribution in [1.29, 1.82) is 5.26 Å². The number of hydrogen-bond donors (Lipinski definition) is 0. The molecule has 1 heterocycles. The Labute approximate surface area is 112 Å². The quantitative estimate of drug-likeness (QED) is 0.841. The molecule has 1 aromatic carbocycles. The molecule has 5 heteroatoms. The van der Waals surface area contributed by atoms with E-state index in [1.165, 1.54) is 0 Å². The summed E-state index contributed by atoms with van der Waals surface area (Å²) in [5.41, 5.74) is 2.02. The van der Waals surface area contributed by atoms with Crippen LogP contribution in [0.1, 0.15) is 11.4 Å². The smallest absolute Gasteiger partial charge is 0.231 e. The summed E-state index contributed by atoms with van der Waals surface area (Å²) in [5.74, 6) is 1.25. The Bertz CT molecular complexity index is 634. The molecule has 2 rings (SSSR count). The molecule has 96 valence electrons. The normalized spacial score (nSPS) is 9.79. The second-order valence-corrected chi connectivity index (χ2v) is 4.07. The van der Waals surface area contributed by atoms with Crippen LogP contribution in [0.25, 0.3) is 0 Å². The molecular weight excluding hydrogens is 240 g/mol. The number of benzene rings is 1. The van der Waals surface area contributed by atoms with Gasteiger partial charge in [0.2, 0.25) is 5.95 Å². The molecule has 2 aromatic rings. The summed E-state index contributed by atoms with van der Waals surface area (Å²) < 4.78 is 5.19. The molecule has 0 amide bonds. The van der Waals surface area contributed by atoms with Gasteiger partial charge in [-0.05, 0) is 25.1 Å². The fourth-order valence-electron chi connectivity index (χ4n) is 1.69. The lowest BCUT2D eigenvalue weighted by molar-refractivity contribution is 0.415. The van der Waals surface area contributed by atoms with E-state index < -0.39 is 0 Å². The average Bonchev–Trinajstić information content (AvgIpc) is 2.45. The molecule has 1 aromatic heterocycles. The molecule has 0 atom stereocenters. The fourth-order valence-corrected chi connectivity index (χ4v) is 1.69. The number of aromatic nitrogens is 2. The van der Waals surface area contributed by atoms with E-state index in [-0.39, 0.29) is 0 Å². The molecule has 0 radical (unpaired) electrons. The number of aryl methyl sites for hydroxylation is 1. The topological polar surface area (TPSA) is 62.0 Å². The lowest BCUT2D eigenvalue weighted by atomic mass is 10.3. The fraction of sp³-hybridized carbons (Fsp3) is 0.214. The largest absolute Gasteiger partial charge is 0.497 e. The van der Waals surface area contributed by atoms with E-state index in [9.17, 15) is 0 Å². The first-order valence-corrected chi connectivity index (χ1v) is 5.77.